The van der Waals surface area contributed by atoms with Gasteiger partial charge in [0.25, 0.3) is 0 Å². The number of hydrogen-bond donors (Lipinski definition) is 2. The molecule has 2 aromatic heterocycles. The van der Waals surface area contributed by atoms with Crippen LogP contribution in [0.5, 0.6) is 0 Å². The highest BCUT2D eigenvalue weighted by Crippen LogP contribution is 2.22. The Balaban J connectivity index is 1.48. The van der Waals surface area contributed by atoms with E-state index in [9.17, 15) is 5.26 Å². The average molecular weight is 387 g/mol. The van der Waals surface area contributed by atoms with E-state index in [0.717, 1.165) is 46.4 Å². The molecule has 0 saturated carbocycles. The van der Waals surface area contributed by atoms with Crippen molar-refractivity contribution in [2.45, 2.75) is 19.3 Å². The van der Waals surface area contributed by atoms with Crippen molar-refractivity contribution in [2.75, 3.05) is 5.32 Å². The summed E-state index contributed by atoms with van der Waals surface area (Å²) in [6.45, 7) is 0. The smallest absolute Gasteiger partial charge is 0.143 e. The van der Waals surface area contributed by atoms with Crippen LogP contribution in [0.4, 0.5) is 11.5 Å². The Morgan fingerprint density at radius 3 is 2.75 bits per heavy atom. The van der Waals surface area contributed by atoms with E-state index in [4.69, 9.17) is 11.6 Å². The molecular formula is C23H19ClN4. The van der Waals surface area contributed by atoms with E-state index in [1.165, 1.54) is 5.56 Å². The van der Waals surface area contributed by atoms with Crippen molar-refractivity contribution in [1.82, 2.24) is 9.97 Å². The summed E-state index contributed by atoms with van der Waals surface area (Å²) < 4.78 is 0. The van der Waals surface area contributed by atoms with Crippen molar-refractivity contribution in [2.24, 2.45) is 0 Å². The molecule has 2 aromatic carbocycles. The molecule has 4 aromatic rings. The Kier molecular flexibility index (Phi) is 5.27. The molecule has 4 nitrogen and oxygen atoms in total. The molecule has 0 aliphatic heterocycles. The van der Waals surface area contributed by atoms with Crippen LogP contribution in [0.3, 0.4) is 0 Å². The number of hydrogen-bond acceptors (Lipinski definition) is 3. The molecule has 2 heterocycles. The molecule has 0 aliphatic carbocycles. The Morgan fingerprint density at radius 1 is 1.00 bits per heavy atom. The number of nitrogens with one attached hydrogen (secondary N) is 2. The van der Waals surface area contributed by atoms with Gasteiger partial charge in [0, 0.05) is 22.4 Å². The number of nitriles is 1. The predicted octanol–water partition coefficient (Wildman–Crippen LogP) is 6.01. The van der Waals surface area contributed by atoms with Gasteiger partial charge in [-0.05, 0) is 78.2 Å². The van der Waals surface area contributed by atoms with Crippen LogP contribution in [0.15, 0.2) is 66.9 Å². The fourth-order valence-corrected chi connectivity index (χ4v) is 3.53. The molecule has 2 N–H and O–H groups in total. The zero-order valence-electron chi connectivity index (χ0n) is 15.2. The number of nitrogens with zero attached hydrogens (tertiary/aromatic N) is 2. The van der Waals surface area contributed by atoms with Gasteiger partial charge in [-0.25, -0.2) is 4.98 Å². The minimum absolute atomic E-state index is 0.420. The fourth-order valence-electron chi connectivity index (χ4n) is 3.32. The summed E-state index contributed by atoms with van der Waals surface area (Å²) in [6, 6.07) is 22.1. The Bertz CT molecular complexity index is 1160. The SMILES string of the molecule is N#Cc1cc(CCCc2cccc(Cl)c2)cc(Nc2ccc3cc[nH]c3c2)n1. The van der Waals surface area contributed by atoms with Gasteiger partial charge in [-0.1, -0.05) is 29.8 Å². The molecule has 0 unspecified atom stereocenters. The normalized spacial score (nSPS) is 10.7. The number of fused-ring (bicyclic) bond motifs is 1. The Morgan fingerprint density at radius 2 is 1.89 bits per heavy atom. The van der Waals surface area contributed by atoms with Crippen molar-refractivity contribution in [3.8, 4) is 6.07 Å². The maximum absolute atomic E-state index is 9.34. The van der Waals surface area contributed by atoms with Crippen molar-refractivity contribution < 1.29 is 0 Å². The van der Waals surface area contributed by atoms with Gasteiger partial charge in [0.15, 0.2) is 0 Å². The average Bonchev–Trinajstić information content (AvgIpc) is 3.16. The number of aromatic nitrogens is 2. The van der Waals surface area contributed by atoms with E-state index in [1.807, 2.05) is 60.8 Å². The molecule has 4 rings (SSSR count). The third kappa shape index (κ3) is 4.33. The summed E-state index contributed by atoms with van der Waals surface area (Å²) in [6.07, 6.45) is 4.70. The minimum atomic E-state index is 0.420. The first kappa shape index (κ1) is 18.1. The molecule has 0 saturated heterocycles. The van der Waals surface area contributed by atoms with Crippen LogP contribution in [0.25, 0.3) is 10.9 Å². The molecule has 0 spiro atoms. The summed E-state index contributed by atoms with van der Waals surface area (Å²) in [4.78, 5) is 7.60. The predicted molar refractivity (Wildman–Crippen MR) is 114 cm³/mol. The number of benzene rings is 2. The van der Waals surface area contributed by atoms with Crippen LogP contribution in [0.2, 0.25) is 5.02 Å². The zero-order chi connectivity index (χ0) is 19.3. The quantitative estimate of drug-likeness (QED) is 0.426. The van der Waals surface area contributed by atoms with E-state index < -0.39 is 0 Å². The standard InChI is InChI=1S/C23H19ClN4/c24-19-6-2-4-16(11-19)3-1-5-17-12-21(15-25)28-23(13-17)27-20-8-7-18-9-10-26-22(18)14-20/h2,4,6-14,26H,1,3,5H2,(H,27,28). The monoisotopic (exact) mass is 386 g/mol. The molecule has 0 bridgehead atoms. The first-order valence-corrected chi connectivity index (χ1v) is 9.57. The highest BCUT2D eigenvalue weighted by molar-refractivity contribution is 6.30. The lowest BCUT2D eigenvalue weighted by molar-refractivity contribution is 0.819. The maximum Gasteiger partial charge on any atom is 0.143 e. The lowest BCUT2D eigenvalue weighted by Gasteiger charge is -2.09. The molecule has 5 heteroatoms. The first-order chi connectivity index (χ1) is 13.7. The van der Waals surface area contributed by atoms with E-state index in [2.05, 4.69) is 27.4 Å². The van der Waals surface area contributed by atoms with Crippen LogP contribution in [-0.4, -0.2) is 9.97 Å². The van der Waals surface area contributed by atoms with Crippen LogP contribution >= 0.6 is 11.6 Å². The largest absolute Gasteiger partial charge is 0.361 e. The summed E-state index contributed by atoms with van der Waals surface area (Å²) in [5, 5.41) is 14.6. The Hall–Kier alpha value is -3.29. The molecule has 0 atom stereocenters. The van der Waals surface area contributed by atoms with Crippen LogP contribution in [0.1, 0.15) is 23.2 Å². The second-order valence-corrected chi connectivity index (χ2v) is 7.18. The van der Waals surface area contributed by atoms with Gasteiger partial charge in [0.05, 0.1) is 0 Å². The summed E-state index contributed by atoms with van der Waals surface area (Å²) in [5.74, 6) is 0.683. The summed E-state index contributed by atoms with van der Waals surface area (Å²) >= 11 is 6.05. The number of pyridine rings is 1. The van der Waals surface area contributed by atoms with Crippen LogP contribution in [-0.2, 0) is 12.8 Å². The van der Waals surface area contributed by atoms with Crippen molar-refractivity contribution in [3.05, 3.63) is 88.7 Å². The fraction of sp³-hybridized carbons (Fsp3) is 0.130. The van der Waals surface area contributed by atoms with Crippen LogP contribution < -0.4 is 5.32 Å². The second kappa shape index (κ2) is 8.16. The topological polar surface area (TPSA) is 64.5 Å². The zero-order valence-corrected chi connectivity index (χ0v) is 16.0. The highest BCUT2D eigenvalue weighted by Gasteiger charge is 2.05. The summed E-state index contributed by atoms with van der Waals surface area (Å²) in [7, 11) is 0. The maximum atomic E-state index is 9.34. The number of aryl methyl sites for hydroxylation is 2. The van der Waals surface area contributed by atoms with E-state index in [0.29, 0.717) is 11.5 Å². The van der Waals surface area contributed by atoms with Gasteiger partial charge in [0.1, 0.15) is 17.6 Å². The van der Waals surface area contributed by atoms with Gasteiger partial charge in [-0.15, -0.1) is 0 Å². The summed E-state index contributed by atoms with van der Waals surface area (Å²) in [5.41, 5.74) is 4.73. The number of H-pyrrole nitrogens is 1. The van der Waals surface area contributed by atoms with Gasteiger partial charge in [0.2, 0.25) is 0 Å². The molecular weight excluding hydrogens is 368 g/mol. The number of anilines is 2. The van der Waals surface area contributed by atoms with Crippen LogP contribution in [0, 0.1) is 11.3 Å². The molecule has 138 valence electrons. The van der Waals surface area contributed by atoms with Gasteiger partial charge < -0.3 is 10.3 Å². The van der Waals surface area contributed by atoms with E-state index in [-0.39, 0.29) is 0 Å². The van der Waals surface area contributed by atoms with Crippen molar-refractivity contribution >= 4 is 34.0 Å². The highest BCUT2D eigenvalue weighted by atomic mass is 35.5. The minimum Gasteiger partial charge on any atom is -0.361 e. The van der Waals surface area contributed by atoms with Gasteiger partial charge >= 0.3 is 0 Å². The number of aromatic amines is 1. The molecule has 0 amide bonds. The molecule has 0 fully saturated rings. The van der Waals surface area contributed by atoms with Gasteiger partial charge in [-0.3, -0.25) is 0 Å². The molecule has 0 aliphatic rings. The van der Waals surface area contributed by atoms with Gasteiger partial charge in [-0.2, -0.15) is 5.26 Å². The van der Waals surface area contributed by atoms with E-state index >= 15 is 0 Å². The molecule has 0 radical (unpaired) electrons. The van der Waals surface area contributed by atoms with Crippen molar-refractivity contribution in [1.29, 1.82) is 5.26 Å². The Labute approximate surface area is 168 Å². The van der Waals surface area contributed by atoms with Crippen molar-refractivity contribution in [3.63, 3.8) is 0 Å². The molecule has 28 heavy (non-hydrogen) atoms. The second-order valence-electron chi connectivity index (χ2n) is 6.75. The van der Waals surface area contributed by atoms with E-state index in [1.54, 1.807) is 0 Å². The lowest BCUT2D eigenvalue weighted by atomic mass is 10.0. The third-order valence-electron chi connectivity index (χ3n) is 4.65. The number of rotatable bonds is 6. The third-order valence-corrected chi connectivity index (χ3v) is 4.88. The first-order valence-electron chi connectivity index (χ1n) is 9.19. The number of halogens is 1. The lowest BCUT2D eigenvalue weighted by Crippen LogP contribution is -1.99.